The summed E-state index contributed by atoms with van der Waals surface area (Å²) in [6.07, 6.45) is 0. The molecule has 0 spiro atoms. The van der Waals surface area contributed by atoms with Crippen molar-refractivity contribution < 1.29 is 0 Å². The molecule has 0 aliphatic heterocycles. The number of thiophene rings is 1. The van der Waals surface area contributed by atoms with E-state index in [1.807, 2.05) is 11.3 Å². The molecule has 1 heterocycles. The Hall–Kier alpha value is -3.42. The van der Waals surface area contributed by atoms with Crippen LogP contribution < -0.4 is 0 Å². The topological polar surface area (TPSA) is 0 Å². The van der Waals surface area contributed by atoms with Gasteiger partial charge in [-0.05, 0) is 45.5 Å². The van der Waals surface area contributed by atoms with E-state index in [4.69, 9.17) is 0 Å². The summed E-state index contributed by atoms with van der Waals surface area (Å²) in [6.45, 7) is 0. The van der Waals surface area contributed by atoms with E-state index >= 15 is 0 Å². The van der Waals surface area contributed by atoms with E-state index in [0.29, 0.717) is 0 Å². The lowest BCUT2D eigenvalue weighted by Crippen LogP contribution is -1.78. The molecule has 1 aromatic heterocycles. The molecule has 4 aromatic carbocycles. The van der Waals surface area contributed by atoms with Gasteiger partial charge in [-0.15, -0.1) is 11.3 Å². The highest BCUT2D eigenvalue weighted by Gasteiger charge is 2.06. The van der Waals surface area contributed by atoms with Crippen molar-refractivity contribution in [3.8, 4) is 43.1 Å². The third-order valence-corrected chi connectivity index (χ3v) is 6.34. The summed E-state index contributed by atoms with van der Waals surface area (Å²) >= 11 is 1.84. The second kappa shape index (κ2) is 7.90. The summed E-state index contributed by atoms with van der Waals surface area (Å²) in [6, 6.07) is 43.2. The van der Waals surface area contributed by atoms with E-state index in [9.17, 15) is 0 Å². The van der Waals surface area contributed by atoms with Crippen molar-refractivity contribution in [2.45, 2.75) is 0 Å². The zero-order chi connectivity index (χ0) is 19.5. The van der Waals surface area contributed by atoms with Crippen molar-refractivity contribution in [2.75, 3.05) is 0 Å². The van der Waals surface area contributed by atoms with E-state index in [1.165, 1.54) is 43.1 Å². The number of hydrogen-bond acceptors (Lipinski definition) is 1. The quantitative estimate of drug-likeness (QED) is 0.290. The van der Waals surface area contributed by atoms with Gasteiger partial charge in [0.25, 0.3) is 0 Å². The minimum atomic E-state index is 1.25. The Morgan fingerprint density at radius 1 is 0.276 bits per heavy atom. The number of hydrogen-bond donors (Lipinski definition) is 0. The van der Waals surface area contributed by atoms with Gasteiger partial charge in [0, 0.05) is 9.75 Å². The molecular formula is C28H20S. The second-order valence-electron chi connectivity index (χ2n) is 7.05. The lowest BCUT2D eigenvalue weighted by Gasteiger charge is -2.04. The molecule has 0 radical (unpaired) electrons. The minimum Gasteiger partial charge on any atom is -0.135 e. The van der Waals surface area contributed by atoms with E-state index in [1.54, 1.807) is 0 Å². The SMILES string of the molecule is c1ccc(-c2ccc(-c3ccc(-c4ccc(-c5ccccc5)cc4)s3)cc2)cc1. The van der Waals surface area contributed by atoms with Crippen LogP contribution in [-0.4, -0.2) is 0 Å². The molecule has 0 aliphatic carbocycles. The van der Waals surface area contributed by atoms with E-state index in [2.05, 4.69) is 121 Å². The van der Waals surface area contributed by atoms with Crippen molar-refractivity contribution in [2.24, 2.45) is 0 Å². The van der Waals surface area contributed by atoms with Crippen LogP contribution in [0, 0.1) is 0 Å². The van der Waals surface area contributed by atoms with Gasteiger partial charge >= 0.3 is 0 Å². The van der Waals surface area contributed by atoms with Crippen LogP contribution in [0.2, 0.25) is 0 Å². The van der Waals surface area contributed by atoms with Crippen molar-refractivity contribution >= 4 is 11.3 Å². The van der Waals surface area contributed by atoms with Gasteiger partial charge < -0.3 is 0 Å². The number of rotatable bonds is 4. The van der Waals surface area contributed by atoms with Crippen LogP contribution >= 0.6 is 11.3 Å². The maximum absolute atomic E-state index is 2.22. The largest absolute Gasteiger partial charge is 0.135 e. The maximum Gasteiger partial charge on any atom is 0.0349 e. The molecule has 5 aromatic rings. The van der Waals surface area contributed by atoms with E-state index in [-0.39, 0.29) is 0 Å². The molecule has 0 saturated heterocycles. The minimum absolute atomic E-state index is 1.25. The fraction of sp³-hybridized carbons (Fsp3) is 0. The Morgan fingerprint density at radius 3 is 0.966 bits per heavy atom. The molecule has 0 N–H and O–H groups in total. The van der Waals surface area contributed by atoms with Gasteiger partial charge in [-0.1, -0.05) is 109 Å². The molecule has 0 nitrogen and oxygen atoms in total. The summed E-state index contributed by atoms with van der Waals surface area (Å²) in [5.74, 6) is 0. The van der Waals surface area contributed by atoms with Crippen LogP contribution in [0.25, 0.3) is 43.1 Å². The molecule has 0 unspecified atom stereocenters. The zero-order valence-corrected chi connectivity index (χ0v) is 16.8. The fourth-order valence-electron chi connectivity index (χ4n) is 3.56. The molecule has 0 fully saturated rings. The zero-order valence-electron chi connectivity index (χ0n) is 16.0. The van der Waals surface area contributed by atoms with Crippen molar-refractivity contribution in [3.63, 3.8) is 0 Å². The number of benzene rings is 4. The van der Waals surface area contributed by atoms with Crippen molar-refractivity contribution in [1.29, 1.82) is 0 Å². The average Bonchev–Trinajstić information content (AvgIpc) is 3.31. The molecule has 0 bridgehead atoms. The first-order valence-electron chi connectivity index (χ1n) is 9.78. The standard InChI is InChI=1S/C28H20S/c1-3-7-21(8-4-1)23-11-15-25(16-12-23)27-19-20-28(29-27)26-17-13-24(14-18-26)22-9-5-2-6-10-22/h1-20H. The molecule has 0 aliphatic rings. The Kier molecular flexibility index (Phi) is 4.81. The molecule has 0 amide bonds. The lowest BCUT2D eigenvalue weighted by atomic mass is 10.0. The smallest absolute Gasteiger partial charge is 0.0349 e. The van der Waals surface area contributed by atoms with Crippen molar-refractivity contribution in [1.82, 2.24) is 0 Å². The molecule has 0 atom stereocenters. The van der Waals surface area contributed by atoms with Gasteiger partial charge in [0.1, 0.15) is 0 Å². The van der Waals surface area contributed by atoms with Crippen molar-refractivity contribution in [3.05, 3.63) is 121 Å². The Bertz CT molecular complexity index is 1100. The highest BCUT2D eigenvalue weighted by molar-refractivity contribution is 7.18. The molecular weight excluding hydrogens is 368 g/mol. The van der Waals surface area contributed by atoms with Crippen LogP contribution in [0.3, 0.4) is 0 Å². The fourth-order valence-corrected chi connectivity index (χ4v) is 4.58. The highest BCUT2D eigenvalue weighted by atomic mass is 32.1. The van der Waals surface area contributed by atoms with Gasteiger partial charge in [-0.3, -0.25) is 0 Å². The van der Waals surface area contributed by atoms with Gasteiger partial charge in [0.2, 0.25) is 0 Å². The predicted octanol–water partition coefficient (Wildman–Crippen LogP) is 8.42. The lowest BCUT2D eigenvalue weighted by molar-refractivity contribution is 1.61. The Morgan fingerprint density at radius 2 is 0.586 bits per heavy atom. The highest BCUT2D eigenvalue weighted by Crippen LogP contribution is 2.36. The first kappa shape index (κ1) is 17.7. The summed E-state index contributed by atoms with van der Waals surface area (Å²) in [7, 11) is 0. The third-order valence-electron chi connectivity index (χ3n) is 5.16. The summed E-state index contributed by atoms with van der Waals surface area (Å²) in [5.41, 5.74) is 7.54. The molecule has 138 valence electrons. The Labute approximate surface area is 175 Å². The molecule has 0 saturated carbocycles. The summed E-state index contributed by atoms with van der Waals surface area (Å²) in [4.78, 5) is 2.60. The normalized spacial score (nSPS) is 10.8. The second-order valence-corrected chi connectivity index (χ2v) is 8.13. The molecule has 1 heteroatoms. The van der Waals surface area contributed by atoms with Crippen LogP contribution in [0.5, 0.6) is 0 Å². The predicted molar refractivity (Wildman–Crippen MR) is 126 cm³/mol. The van der Waals surface area contributed by atoms with Gasteiger partial charge in [-0.25, -0.2) is 0 Å². The first-order chi connectivity index (χ1) is 14.4. The molecule has 5 rings (SSSR count). The summed E-state index contributed by atoms with van der Waals surface area (Å²) in [5, 5.41) is 0. The van der Waals surface area contributed by atoms with E-state index < -0.39 is 0 Å². The monoisotopic (exact) mass is 388 g/mol. The van der Waals surface area contributed by atoms with Gasteiger partial charge in [-0.2, -0.15) is 0 Å². The van der Waals surface area contributed by atoms with Crippen LogP contribution in [0.4, 0.5) is 0 Å². The molecule has 29 heavy (non-hydrogen) atoms. The first-order valence-corrected chi connectivity index (χ1v) is 10.6. The average molecular weight is 389 g/mol. The maximum atomic E-state index is 2.22. The van der Waals surface area contributed by atoms with E-state index in [0.717, 1.165) is 0 Å². The third kappa shape index (κ3) is 3.78. The van der Waals surface area contributed by atoms with Crippen LogP contribution in [0.15, 0.2) is 121 Å². The summed E-state index contributed by atoms with van der Waals surface area (Å²) < 4.78 is 0. The Balaban J connectivity index is 1.38. The van der Waals surface area contributed by atoms with Gasteiger partial charge in [0.15, 0.2) is 0 Å². The van der Waals surface area contributed by atoms with Crippen LogP contribution in [-0.2, 0) is 0 Å². The van der Waals surface area contributed by atoms with Gasteiger partial charge in [0.05, 0.1) is 0 Å². The van der Waals surface area contributed by atoms with Crippen LogP contribution in [0.1, 0.15) is 0 Å².